The van der Waals surface area contributed by atoms with Gasteiger partial charge in [0.1, 0.15) is 5.82 Å². The van der Waals surface area contributed by atoms with Gasteiger partial charge in [0.25, 0.3) is 0 Å². The van der Waals surface area contributed by atoms with Crippen molar-refractivity contribution in [1.29, 1.82) is 0 Å². The van der Waals surface area contributed by atoms with Crippen molar-refractivity contribution in [3.05, 3.63) is 35.6 Å². The zero-order valence-electron chi connectivity index (χ0n) is 14.8. The summed E-state index contributed by atoms with van der Waals surface area (Å²) in [6, 6.07) is 6.67. The van der Waals surface area contributed by atoms with E-state index in [-0.39, 0.29) is 11.7 Å². The number of hydrogen-bond acceptors (Lipinski definition) is 4. The van der Waals surface area contributed by atoms with Gasteiger partial charge in [-0.2, -0.15) is 0 Å². The molecule has 0 radical (unpaired) electrons. The maximum absolute atomic E-state index is 13.4. The Hall–Kier alpha value is -1.50. The highest BCUT2D eigenvalue weighted by atomic mass is 19.1. The van der Waals surface area contributed by atoms with Crippen molar-refractivity contribution in [3.8, 4) is 0 Å². The van der Waals surface area contributed by atoms with Crippen LogP contribution in [0.25, 0.3) is 0 Å². The van der Waals surface area contributed by atoms with Crippen molar-refractivity contribution >= 4 is 5.97 Å². The van der Waals surface area contributed by atoms with Gasteiger partial charge in [0.2, 0.25) is 0 Å². The fourth-order valence-electron chi connectivity index (χ4n) is 4.39. The van der Waals surface area contributed by atoms with Gasteiger partial charge in [-0.3, -0.25) is 14.6 Å². The van der Waals surface area contributed by atoms with Crippen molar-refractivity contribution in [2.45, 2.75) is 19.4 Å². The molecule has 2 heterocycles. The lowest BCUT2D eigenvalue weighted by molar-refractivity contribution is -0.151. The summed E-state index contributed by atoms with van der Waals surface area (Å²) < 4.78 is 18.6. The highest BCUT2D eigenvalue weighted by Crippen LogP contribution is 2.43. The summed E-state index contributed by atoms with van der Waals surface area (Å²) in [5.41, 5.74) is 0.279. The summed E-state index contributed by atoms with van der Waals surface area (Å²) in [6.07, 6.45) is 1.56. The van der Waals surface area contributed by atoms with Crippen LogP contribution in [-0.2, 0) is 16.1 Å². The van der Waals surface area contributed by atoms with E-state index in [4.69, 9.17) is 4.74 Å². The fraction of sp³-hybridized carbons (Fsp3) is 0.632. The van der Waals surface area contributed by atoms with Gasteiger partial charge in [-0.25, -0.2) is 4.39 Å². The minimum Gasteiger partial charge on any atom is -0.481 e. The van der Waals surface area contributed by atoms with Crippen LogP contribution in [0.15, 0.2) is 24.3 Å². The van der Waals surface area contributed by atoms with E-state index >= 15 is 0 Å². The SMILES string of the molecule is COCCN1C[C@H]2CN(Cc3cccc(F)c3)CCC[C@@]2(C(=O)O)C1. The van der Waals surface area contributed by atoms with E-state index in [0.717, 1.165) is 38.2 Å². The largest absolute Gasteiger partial charge is 0.481 e. The molecule has 0 saturated carbocycles. The molecule has 2 aliphatic heterocycles. The second-order valence-corrected chi connectivity index (χ2v) is 7.35. The maximum atomic E-state index is 13.4. The van der Waals surface area contributed by atoms with Gasteiger partial charge in [0.05, 0.1) is 12.0 Å². The first-order chi connectivity index (χ1) is 12.0. The van der Waals surface area contributed by atoms with Crippen LogP contribution in [0.4, 0.5) is 4.39 Å². The number of carboxylic acid groups (broad SMARTS) is 1. The minimum absolute atomic E-state index is 0.0953. The van der Waals surface area contributed by atoms with Gasteiger partial charge < -0.3 is 9.84 Å². The standard InChI is InChI=1S/C19H27FN2O3/c1-25-9-8-22-13-16-12-21(11-15-4-2-5-17(20)10-15)7-3-6-19(16,14-22)18(23)24/h2,4-5,10,16H,3,6-9,11-14H2,1H3,(H,23,24)/t16-,19-/m1/s1. The normalized spacial score (nSPS) is 27.8. The summed E-state index contributed by atoms with van der Waals surface area (Å²) in [5, 5.41) is 9.95. The third-order valence-corrected chi connectivity index (χ3v) is 5.67. The predicted octanol–water partition coefficient (Wildman–Crippen LogP) is 2.07. The molecule has 0 aliphatic carbocycles. The Labute approximate surface area is 148 Å². The molecule has 2 atom stereocenters. The molecule has 0 aromatic heterocycles. The summed E-state index contributed by atoms with van der Waals surface area (Å²) in [6.45, 7) is 5.05. The third kappa shape index (κ3) is 4.02. The Morgan fingerprint density at radius 2 is 2.20 bits per heavy atom. The predicted molar refractivity (Wildman–Crippen MR) is 92.8 cm³/mol. The molecule has 5 nitrogen and oxygen atoms in total. The average Bonchev–Trinajstić information content (AvgIpc) is 2.82. The zero-order valence-corrected chi connectivity index (χ0v) is 14.8. The summed E-state index contributed by atoms with van der Waals surface area (Å²) >= 11 is 0. The molecule has 6 heteroatoms. The molecule has 2 aliphatic rings. The minimum atomic E-state index is -0.676. The molecule has 0 unspecified atom stereocenters. The second kappa shape index (κ2) is 7.81. The number of hydrogen-bond donors (Lipinski definition) is 1. The molecular weight excluding hydrogens is 323 g/mol. The van der Waals surface area contributed by atoms with Crippen molar-refractivity contribution in [1.82, 2.24) is 9.80 Å². The number of methoxy groups -OCH3 is 1. The molecule has 0 amide bonds. The molecule has 2 saturated heterocycles. The Kier molecular flexibility index (Phi) is 5.71. The van der Waals surface area contributed by atoms with Crippen LogP contribution in [0.3, 0.4) is 0 Å². The lowest BCUT2D eigenvalue weighted by Crippen LogP contribution is -2.41. The third-order valence-electron chi connectivity index (χ3n) is 5.67. The molecule has 0 bridgehead atoms. The van der Waals surface area contributed by atoms with Crippen LogP contribution in [0.5, 0.6) is 0 Å². The molecule has 3 rings (SSSR count). The lowest BCUT2D eigenvalue weighted by atomic mass is 9.75. The Morgan fingerprint density at radius 3 is 2.92 bits per heavy atom. The van der Waals surface area contributed by atoms with Crippen molar-refractivity contribution in [2.75, 3.05) is 46.4 Å². The van der Waals surface area contributed by atoms with Crippen LogP contribution in [-0.4, -0.2) is 67.3 Å². The number of rotatable bonds is 6. The van der Waals surface area contributed by atoms with Crippen molar-refractivity contribution < 1.29 is 19.0 Å². The number of fused-ring (bicyclic) bond motifs is 1. The van der Waals surface area contributed by atoms with E-state index < -0.39 is 11.4 Å². The maximum Gasteiger partial charge on any atom is 0.311 e. The number of halogens is 1. The number of likely N-dealkylation sites (tertiary alicyclic amines) is 2. The van der Waals surface area contributed by atoms with Crippen LogP contribution < -0.4 is 0 Å². The van der Waals surface area contributed by atoms with Gasteiger partial charge in [-0.1, -0.05) is 12.1 Å². The first-order valence-corrected chi connectivity index (χ1v) is 8.95. The molecular formula is C19H27FN2O3. The van der Waals surface area contributed by atoms with Gasteiger partial charge in [-0.05, 0) is 37.1 Å². The summed E-state index contributed by atoms with van der Waals surface area (Å²) in [5.74, 6) is -0.804. The van der Waals surface area contributed by atoms with Gasteiger partial charge in [0, 0.05) is 45.8 Å². The van der Waals surface area contributed by atoms with E-state index in [1.54, 1.807) is 19.2 Å². The van der Waals surface area contributed by atoms with E-state index in [2.05, 4.69) is 9.80 Å². The van der Waals surface area contributed by atoms with E-state index in [1.165, 1.54) is 6.07 Å². The highest BCUT2D eigenvalue weighted by Gasteiger charge is 2.53. The Bertz CT molecular complexity index is 612. The average molecular weight is 350 g/mol. The van der Waals surface area contributed by atoms with Crippen LogP contribution in [0, 0.1) is 17.2 Å². The molecule has 0 spiro atoms. The number of carboxylic acids is 1. The van der Waals surface area contributed by atoms with Gasteiger partial charge >= 0.3 is 5.97 Å². The number of carbonyl (C=O) groups is 1. The Balaban J connectivity index is 1.72. The lowest BCUT2D eigenvalue weighted by Gasteiger charge is -2.29. The topological polar surface area (TPSA) is 53.0 Å². The first kappa shape index (κ1) is 18.3. The summed E-state index contributed by atoms with van der Waals surface area (Å²) in [4.78, 5) is 16.6. The highest BCUT2D eigenvalue weighted by molar-refractivity contribution is 5.76. The summed E-state index contributed by atoms with van der Waals surface area (Å²) in [7, 11) is 1.67. The zero-order chi connectivity index (χ0) is 17.9. The van der Waals surface area contributed by atoms with E-state index in [9.17, 15) is 14.3 Å². The first-order valence-electron chi connectivity index (χ1n) is 8.95. The molecule has 1 aromatic rings. The monoisotopic (exact) mass is 350 g/mol. The second-order valence-electron chi connectivity index (χ2n) is 7.35. The molecule has 138 valence electrons. The fourth-order valence-corrected chi connectivity index (χ4v) is 4.39. The Morgan fingerprint density at radius 1 is 1.40 bits per heavy atom. The number of nitrogens with zero attached hydrogens (tertiary/aromatic N) is 2. The van der Waals surface area contributed by atoms with Crippen molar-refractivity contribution in [2.24, 2.45) is 11.3 Å². The van der Waals surface area contributed by atoms with Gasteiger partial charge in [0.15, 0.2) is 0 Å². The molecule has 1 aromatic carbocycles. The van der Waals surface area contributed by atoms with Crippen molar-refractivity contribution in [3.63, 3.8) is 0 Å². The number of ether oxygens (including phenoxy) is 1. The van der Waals surface area contributed by atoms with E-state index in [0.29, 0.717) is 26.1 Å². The van der Waals surface area contributed by atoms with Gasteiger partial charge in [-0.15, -0.1) is 0 Å². The smallest absolute Gasteiger partial charge is 0.311 e. The molecule has 25 heavy (non-hydrogen) atoms. The van der Waals surface area contributed by atoms with Crippen LogP contribution >= 0.6 is 0 Å². The number of aliphatic carboxylic acids is 1. The van der Waals surface area contributed by atoms with Crippen LogP contribution in [0.2, 0.25) is 0 Å². The number of benzene rings is 1. The molecule has 2 fully saturated rings. The van der Waals surface area contributed by atoms with Crippen LogP contribution in [0.1, 0.15) is 18.4 Å². The van der Waals surface area contributed by atoms with E-state index in [1.807, 2.05) is 6.07 Å². The quantitative estimate of drug-likeness (QED) is 0.851. The molecule has 1 N–H and O–H groups in total.